The van der Waals surface area contributed by atoms with Crippen LogP contribution in [0.5, 0.6) is 0 Å². The summed E-state index contributed by atoms with van der Waals surface area (Å²) in [6.45, 7) is 1.38. The van der Waals surface area contributed by atoms with Crippen LogP contribution in [-0.4, -0.2) is 49.8 Å². The third kappa shape index (κ3) is 2.05. The summed E-state index contributed by atoms with van der Waals surface area (Å²) in [5.74, 6) is 0.122. The first kappa shape index (κ1) is 14.4. The lowest BCUT2D eigenvalue weighted by Crippen LogP contribution is -2.36. The van der Waals surface area contributed by atoms with Gasteiger partial charge in [0.05, 0.1) is 12.0 Å². The second-order valence-corrected chi connectivity index (χ2v) is 5.84. The van der Waals surface area contributed by atoms with Gasteiger partial charge in [0.25, 0.3) is 0 Å². The van der Waals surface area contributed by atoms with E-state index in [1.54, 1.807) is 0 Å². The fourth-order valence-corrected chi connectivity index (χ4v) is 3.62. The number of aromatic nitrogens is 2. The molecule has 4 atom stereocenters. The number of fused-ring (bicyclic) bond motifs is 1. The second-order valence-electron chi connectivity index (χ2n) is 4.98. The number of aliphatic hydroxyl groups is 3. The molecule has 9 heteroatoms. The van der Waals surface area contributed by atoms with Crippen LogP contribution < -0.4 is 11.4 Å². The Morgan fingerprint density at radius 3 is 2.81 bits per heavy atom. The molecule has 2 aromatic rings. The van der Waals surface area contributed by atoms with Crippen LogP contribution in [0.15, 0.2) is 10.2 Å². The second kappa shape index (κ2) is 5.04. The minimum atomic E-state index is -1.34. The van der Waals surface area contributed by atoms with Gasteiger partial charge in [-0.1, -0.05) is 0 Å². The number of ether oxygens (including phenoxy) is 1. The molecular weight excluding hydrogens is 298 g/mol. The Bertz CT molecular complexity index is 742. The predicted molar refractivity (Wildman–Crippen MR) is 76.0 cm³/mol. The third-order valence-corrected chi connectivity index (χ3v) is 4.72. The zero-order valence-corrected chi connectivity index (χ0v) is 11.9. The largest absolute Gasteiger partial charge is 0.394 e. The number of aryl methyl sites for hydroxylation is 1. The third-order valence-electron chi connectivity index (χ3n) is 3.62. The number of thiophene rings is 1. The van der Waals surface area contributed by atoms with Crippen molar-refractivity contribution in [2.75, 3.05) is 12.3 Å². The molecule has 4 unspecified atom stereocenters. The van der Waals surface area contributed by atoms with Gasteiger partial charge in [-0.05, 0) is 17.9 Å². The molecule has 1 aliphatic rings. The molecule has 0 amide bonds. The number of aliphatic hydroxyl groups excluding tert-OH is 3. The Labute approximate surface area is 123 Å². The number of nitrogens with two attached hydrogens (primary N) is 1. The summed E-state index contributed by atoms with van der Waals surface area (Å²) in [6, 6.07) is 0. The summed E-state index contributed by atoms with van der Waals surface area (Å²) < 4.78 is 6.57. The van der Waals surface area contributed by atoms with Crippen molar-refractivity contribution in [3.63, 3.8) is 0 Å². The van der Waals surface area contributed by atoms with Crippen LogP contribution in [0.4, 0.5) is 5.82 Å². The maximum absolute atomic E-state index is 12.1. The Morgan fingerprint density at radius 1 is 1.48 bits per heavy atom. The molecule has 1 fully saturated rings. The maximum Gasteiger partial charge on any atom is 0.352 e. The minimum absolute atomic E-state index is 0.122. The zero-order chi connectivity index (χ0) is 15.3. The summed E-state index contributed by atoms with van der Waals surface area (Å²) >= 11 is 1.28. The van der Waals surface area contributed by atoms with Crippen LogP contribution in [0.1, 0.15) is 11.8 Å². The first-order valence-electron chi connectivity index (χ1n) is 6.34. The van der Waals surface area contributed by atoms with Crippen molar-refractivity contribution in [1.82, 2.24) is 9.55 Å². The van der Waals surface area contributed by atoms with Gasteiger partial charge < -0.3 is 25.8 Å². The molecule has 0 aromatic carbocycles. The van der Waals surface area contributed by atoms with Crippen molar-refractivity contribution >= 4 is 27.4 Å². The van der Waals surface area contributed by atoms with Crippen LogP contribution in [0.25, 0.3) is 10.2 Å². The Morgan fingerprint density at radius 2 is 2.19 bits per heavy atom. The highest BCUT2D eigenvalue weighted by Gasteiger charge is 2.44. The average Bonchev–Trinajstić information content (AvgIpc) is 2.94. The molecule has 0 aliphatic carbocycles. The van der Waals surface area contributed by atoms with Gasteiger partial charge in [0.15, 0.2) is 6.23 Å². The highest BCUT2D eigenvalue weighted by molar-refractivity contribution is 7.17. The SMILES string of the molecule is Cc1csc2c1c(N)nc(=O)n2C1OC(CO)C(O)C1O. The van der Waals surface area contributed by atoms with Gasteiger partial charge in [-0.15, -0.1) is 11.3 Å². The molecule has 8 nitrogen and oxygen atoms in total. The zero-order valence-electron chi connectivity index (χ0n) is 11.1. The first-order valence-corrected chi connectivity index (χ1v) is 7.22. The molecule has 0 bridgehead atoms. The highest BCUT2D eigenvalue weighted by Crippen LogP contribution is 2.34. The Hall–Kier alpha value is -1.52. The minimum Gasteiger partial charge on any atom is -0.394 e. The van der Waals surface area contributed by atoms with E-state index in [9.17, 15) is 15.0 Å². The van der Waals surface area contributed by atoms with Gasteiger partial charge in [-0.25, -0.2) is 4.79 Å². The van der Waals surface area contributed by atoms with Gasteiger partial charge in [-0.2, -0.15) is 4.98 Å². The highest BCUT2D eigenvalue weighted by atomic mass is 32.1. The van der Waals surface area contributed by atoms with Crippen LogP contribution in [-0.2, 0) is 4.74 Å². The van der Waals surface area contributed by atoms with Gasteiger partial charge in [0.1, 0.15) is 29.0 Å². The van der Waals surface area contributed by atoms with Crippen molar-refractivity contribution in [3.8, 4) is 0 Å². The number of nitrogens with zero attached hydrogens (tertiary/aromatic N) is 2. The van der Waals surface area contributed by atoms with E-state index in [1.807, 2.05) is 12.3 Å². The molecule has 0 saturated carbocycles. The van der Waals surface area contributed by atoms with Crippen LogP contribution in [0, 0.1) is 6.92 Å². The molecule has 21 heavy (non-hydrogen) atoms. The van der Waals surface area contributed by atoms with Gasteiger partial charge >= 0.3 is 5.69 Å². The van der Waals surface area contributed by atoms with Gasteiger partial charge in [0.2, 0.25) is 0 Å². The lowest BCUT2D eigenvalue weighted by atomic mass is 10.1. The molecule has 1 aliphatic heterocycles. The molecule has 2 aromatic heterocycles. The van der Waals surface area contributed by atoms with E-state index in [0.29, 0.717) is 10.2 Å². The van der Waals surface area contributed by atoms with Crippen molar-refractivity contribution in [2.45, 2.75) is 31.5 Å². The van der Waals surface area contributed by atoms with Crippen molar-refractivity contribution in [1.29, 1.82) is 0 Å². The summed E-state index contributed by atoms with van der Waals surface area (Å²) in [5, 5.41) is 31.5. The first-order chi connectivity index (χ1) is 9.95. The van der Waals surface area contributed by atoms with Crippen molar-refractivity contribution in [3.05, 3.63) is 21.4 Å². The van der Waals surface area contributed by atoms with E-state index in [2.05, 4.69) is 4.98 Å². The van der Waals surface area contributed by atoms with E-state index >= 15 is 0 Å². The number of rotatable bonds is 2. The summed E-state index contributed by atoms with van der Waals surface area (Å²) in [7, 11) is 0. The monoisotopic (exact) mass is 313 g/mol. The predicted octanol–water partition coefficient (Wildman–Crippen LogP) is -1.04. The molecule has 0 radical (unpaired) electrons. The number of nitrogen functional groups attached to an aromatic ring is 1. The quantitative estimate of drug-likeness (QED) is 0.557. The summed E-state index contributed by atoms with van der Waals surface area (Å²) in [6.07, 6.45) is -4.68. The molecular formula is C12H15N3O5S. The van der Waals surface area contributed by atoms with E-state index < -0.39 is 36.8 Å². The van der Waals surface area contributed by atoms with Crippen LogP contribution in [0.3, 0.4) is 0 Å². The van der Waals surface area contributed by atoms with E-state index in [0.717, 1.165) is 5.56 Å². The molecule has 0 spiro atoms. The fraction of sp³-hybridized carbons (Fsp3) is 0.500. The van der Waals surface area contributed by atoms with Gasteiger partial charge in [-0.3, -0.25) is 4.57 Å². The summed E-state index contributed by atoms with van der Waals surface area (Å²) in [5.41, 5.74) is 5.97. The van der Waals surface area contributed by atoms with E-state index in [1.165, 1.54) is 15.9 Å². The fourth-order valence-electron chi connectivity index (χ4n) is 2.54. The number of anilines is 1. The van der Waals surface area contributed by atoms with Gasteiger partial charge in [0, 0.05) is 0 Å². The number of hydrogen-bond donors (Lipinski definition) is 4. The smallest absolute Gasteiger partial charge is 0.352 e. The average molecular weight is 313 g/mol. The van der Waals surface area contributed by atoms with E-state index in [-0.39, 0.29) is 5.82 Å². The Balaban J connectivity index is 2.20. The van der Waals surface area contributed by atoms with Crippen molar-refractivity contribution < 1.29 is 20.1 Å². The molecule has 3 rings (SSSR count). The molecule has 3 heterocycles. The Kier molecular flexibility index (Phi) is 3.46. The van der Waals surface area contributed by atoms with E-state index in [4.69, 9.17) is 15.6 Å². The molecule has 5 N–H and O–H groups in total. The summed E-state index contributed by atoms with van der Waals surface area (Å²) in [4.78, 5) is 16.4. The lowest BCUT2D eigenvalue weighted by molar-refractivity contribution is -0.0524. The van der Waals surface area contributed by atoms with Crippen molar-refractivity contribution in [2.24, 2.45) is 0 Å². The van der Waals surface area contributed by atoms with Crippen LogP contribution >= 0.6 is 11.3 Å². The lowest BCUT2D eigenvalue weighted by Gasteiger charge is -2.18. The molecule has 114 valence electrons. The maximum atomic E-state index is 12.1. The topological polar surface area (TPSA) is 131 Å². The van der Waals surface area contributed by atoms with Crippen LogP contribution in [0.2, 0.25) is 0 Å². The molecule has 1 saturated heterocycles. The number of hydrogen-bond acceptors (Lipinski definition) is 8. The standard InChI is InChI=1S/C12H15N3O5S/c1-4-3-21-11-6(4)9(13)14-12(19)15(11)10-8(18)7(17)5(2-16)20-10/h3,5,7-8,10,16-18H,2H2,1H3,(H2,13,14,19). The normalized spacial score (nSPS) is 29.3.